The van der Waals surface area contributed by atoms with Crippen molar-refractivity contribution >= 4 is 5.97 Å². The number of rotatable bonds is 4. The molecule has 2 atom stereocenters. The normalized spacial score (nSPS) is 29.6. The summed E-state index contributed by atoms with van der Waals surface area (Å²) in [5, 5.41) is 8.50. The highest BCUT2D eigenvalue weighted by Crippen LogP contribution is 2.41. The van der Waals surface area contributed by atoms with Gasteiger partial charge in [-0.25, -0.2) is 0 Å². The molecule has 0 heterocycles. The SMILES string of the molecule is C=CCCC1CC1C(=O)O. The number of carboxylic acid groups (broad SMARTS) is 1. The Bertz CT molecular complexity index is 151. The fourth-order valence-electron chi connectivity index (χ4n) is 1.20. The third kappa shape index (κ3) is 1.59. The molecule has 0 amide bonds. The molecule has 0 aliphatic heterocycles. The molecule has 1 rings (SSSR count). The molecule has 0 saturated heterocycles. The molecular formula is C8H12O2. The number of hydrogen-bond donors (Lipinski definition) is 1. The van der Waals surface area contributed by atoms with Crippen molar-refractivity contribution in [3.63, 3.8) is 0 Å². The van der Waals surface area contributed by atoms with Gasteiger partial charge in [-0.2, -0.15) is 0 Å². The maximum atomic E-state index is 10.3. The summed E-state index contributed by atoms with van der Waals surface area (Å²) in [5.74, 6) is -0.232. The number of hydrogen-bond acceptors (Lipinski definition) is 1. The van der Waals surface area contributed by atoms with Crippen molar-refractivity contribution in [3.05, 3.63) is 12.7 Å². The highest BCUT2D eigenvalue weighted by Gasteiger charge is 2.41. The fraction of sp³-hybridized carbons (Fsp3) is 0.625. The van der Waals surface area contributed by atoms with Crippen molar-refractivity contribution in [2.75, 3.05) is 0 Å². The van der Waals surface area contributed by atoms with Gasteiger partial charge in [0.25, 0.3) is 0 Å². The van der Waals surface area contributed by atoms with Gasteiger partial charge >= 0.3 is 5.97 Å². The number of allylic oxidation sites excluding steroid dienone is 1. The molecular weight excluding hydrogens is 128 g/mol. The zero-order valence-electron chi connectivity index (χ0n) is 5.92. The van der Waals surface area contributed by atoms with Gasteiger partial charge in [-0.15, -0.1) is 6.58 Å². The lowest BCUT2D eigenvalue weighted by Gasteiger charge is -1.90. The van der Waals surface area contributed by atoms with Crippen LogP contribution in [0.2, 0.25) is 0 Å². The molecule has 0 spiro atoms. The van der Waals surface area contributed by atoms with Crippen LogP contribution < -0.4 is 0 Å². The van der Waals surface area contributed by atoms with Crippen molar-refractivity contribution in [1.82, 2.24) is 0 Å². The maximum absolute atomic E-state index is 10.3. The van der Waals surface area contributed by atoms with Crippen molar-refractivity contribution in [2.24, 2.45) is 11.8 Å². The second-order valence-corrected chi connectivity index (χ2v) is 2.81. The molecule has 56 valence electrons. The molecule has 0 aromatic rings. The van der Waals surface area contributed by atoms with E-state index in [2.05, 4.69) is 6.58 Å². The largest absolute Gasteiger partial charge is 0.481 e. The fourth-order valence-corrected chi connectivity index (χ4v) is 1.20. The molecule has 0 aromatic heterocycles. The average molecular weight is 140 g/mol. The highest BCUT2D eigenvalue weighted by atomic mass is 16.4. The van der Waals surface area contributed by atoms with E-state index in [9.17, 15) is 4.79 Å². The van der Waals surface area contributed by atoms with Crippen LogP contribution in [0.1, 0.15) is 19.3 Å². The Kier molecular flexibility index (Phi) is 2.10. The van der Waals surface area contributed by atoms with Crippen LogP contribution in [0.3, 0.4) is 0 Å². The van der Waals surface area contributed by atoms with Crippen LogP contribution in [0.25, 0.3) is 0 Å². The molecule has 2 nitrogen and oxygen atoms in total. The molecule has 1 N–H and O–H groups in total. The first kappa shape index (κ1) is 7.32. The van der Waals surface area contributed by atoms with Gasteiger partial charge in [0.2, 0.25) is 0 Å². The lowest BCUT2D eigenvalue weighted by molar-refractivity contribution is -0.138. The van der Waals surface area contributed by atoms with Crippen molar-refractivity contribution in [3.8, 4) is 0 Å². The maximum Gasteiger partial charge on any atom is 0.306 e. The Morgan fingerprint density at radius 3 is 2.90 bits per heavy atom. The quantitative estimate of drug-likeness (QED) is 0.603. The van der Waals surface area contributed by atoms with Crippen LogP contribution in [0.4, 0.5) is 0 Å². The summed E-state index contributed by atoms with van der Waals surface area (Å²) >= 11 is 0. The van der Waals surface area contributed by atoms with Gasteiger partial charge in [0.1, 0.15) is 0 Å². The lowest BCUT2D eigenvalue weighted by atomic mass is 10.2. The van der Waals surface area contributed by atoms with E-state index in [1.165, 1.54) is 0 Å². The predicted molar refractivity (Wildman–Crippen MR) is 38.7 cm³/mol. The minimum absolute atomic E-state index is 0.0417. The first-order valence-corrected chi connectivity index (χ1v) is 3.59. The van der Waals surface area contributed by atoms with Gasteiger partial charge in [0.05, 0.1) is 5.92 Å². The minimum atomic E-state index is -0.630. The molecule has 1 aliphatic rings. The summed E-state index contributed by atoms with van der Waals surface area (Å²) < 4.78 is 0. The van der Waals surface area contributed by atoms with E-state index < -0.39 is 5.97 Å². The van der Waals surface area contributed by atoms with Crippen LogP contribution in [0.5, 0.6) is 0 Å². The van der Waals surface area contributed by atoms with Crippen LogP contribution in [-0.2, 0) is 4.79 Å². The second-order valence-electron chi connectivity index (χ2n) is 2.81. The summed E-state index contributed by atoms with van der Waals surface area (Å²) in [5.41, 5.74) is 0. The van der Waals surface area contributed by atoms with Gasteiger partial charge in [-0.1, -0.05) is 6.08 Å². The van der Waals surface area contributed by atoms with Crippen LogP contribution >= 0.6 is 0 Å². The predicted octanol–water partition coefficient (Wildman–Crippen LogP) is 1.67. The third-order valence-electron chi connectivity index (χ3n) is 1.98. The zero-order chi connectivity index (χ0) is 7.56. The lowest BCUT2D eigenvalue weighted by Crippen LogP contribution is -1.98. The van der Waals surface area contributed by atoms with Gasteiger partial charge < -0.3 is 5.11 Å². The zero-order valence-corrected chi connectivity index (χ0v) is 5.92. The van der Waals surface area contributed by atoms with E-state index in [1.807, 2.05) is 6.08 Å². The van der Waals surface area contributed by atoms with Crippen LogP contribution in [0.15, 0.2) is 12.7 Å². The first-order valence-electron chi connectivity index (χ1n) is 3.59. The van der Waals surface area contributed by atoms with E-state index in [4.69, 9.17) is 5.11 Å². The number of carboxylic acids is 1. The number of carbonyl (C=O) groups is 1. The van der Waals surface area contributed by atoms with E-state index in [0.29, 0.717) is 5.92 Å². The Hall–Kier alpha value is -0.790. The molecule has 2 heteroatoms. The second kappa shape index (κ2) is 2.86. The molecule has 0 radical (unpaired) electrons. The third-order valence-corrected chi connectivity index (χ3v) is 1.98. The molecule has 10 heavy (non-hydrogen) atoms. The summed E-state index contributed by atoms with van der Waals surface area (Å²) in [6, 6.07) is 0. The van der Waals surface area contributed by atoms with Gasteiger partial charge in [-0.05, 0) is 25.2 Å². The van der Waals surface area contributed by atoms with Gasteiger partial charge in [0, 0.05) is 0 Å². The smallest absolute Gasteiger partial charge is 0.306 e. The van der Waals surface area contributed by atoms with Crippen LogP contribution in [-0.4, -0.2) is 11.1 Å². The Morgan fingerprint density at radius 2 is 2.50 bits per heavy atom. The van der Waals surface area contributed by atoms with Crippen molar-refractivity contribution in [2.45, 2.75) is 19.3 Å². The summed E-state index contributed by atoms with van der Waals surface area (Å²) in [7, 11) is 0. The molecule has 2 unspecified atom stereocenters. The number of aliphatic carboxylic acids is 1. The Morgan fingerprint density at radius 1 is 1.80 bits per heavy atom. The topological polar surface area (TPSA) is 37.3 Å². The monoisotopic (exact) mass is 140 g/mol. The average Bonchev–Trinajstić information content (AvgIpc) is 2.62. The van der Waals surface area contributed by atoms with E-state index in [0.717, 1.165) is 19.3 Å². The first-order chi connectivity index (χ1) is 4.75. The summed E-state index contributed by atoms with van der Waals surface area (Å²) in [6.45, 7) is 3.58. The molecule has 1 saturated carbocycles. The summed E-state index contributed by atoms with van der Waals surface area (Å²) in [4.78, 5) is 10.3. The van der Waals surface area contributed by atoms with Crippen molar-refractivity contribution in [1.29, 1.82) is 0 Å². The van der Waals surface area contributed by atoms with E-state index in [-0.39, 0.29) is 5.92 Å². The van der Waals surface area contributed by atoms with Crippen molar-refractivity contribution < 1.29 is 9.90 Å². The molecule has 1 aliphatic carbocycles. The van der Waals surface area contributed by atoms with E-state index in [1.54, 1.807) is 0 Å². The Balaban J connectivity index is 2.13. The highest BCUT2D eigenvalue weighted by molar-refractivity contribution is 5.73. The summed E-state index contributed by atoms with van der Waals surface area (Å²) in [6.07, 6.45) is 4.68. The molecule has 0 bridgehead atoms. The van der Waals surface area contributed by atoms with Crippen LogP contribution in [0, 0.1) is 11.8 Å². The van der Waals surface area contributed by atoms with Gasteiger partial charge in [-0.3, -0.25) is 4.79 Å². The van der Waals surface area contributed by atoms with E-state index >= 15 is 0 Å². The molecule has 1 fully saturated rings. The Labute approximate surface area is 60.6 Å². The minimum Gasteiger partial charge on any atom is -0.481 e. The standard InChI is InChI=1S/C8H12O2/c1-2-3-4-6-5-7(6)8(9)10/h2,6-7H,1,3-5H2,(H,9,10). The molecule has 0 aromatic carbocycles. The van der Waals surface area contributed by atoms with Gasteiger partial charge in [0.15, 0.2) is 0 Å².